The average molecular weight is 351 g/mol. The summed E-state index contributed by atoms with van der Waals surface area (Å²) in [7, 11) is 0. The number of hydrogen-bond acceptors (Lipinski definition) is 4. The van der Waals surface area contributed by atoms with Gasteiger partial charge in [0.05, 0.1) is 11.3 Å². The summed E-state index contributed by atoms with van der Waals surface area (Å²) in [6.45, 7) is 5.79. The van der Waals surface area contributed by atoms with Crippen LogP contribution in [0.4, 0.5) is 0 Å². The molecule has 0 amide bonds. The molecule has 26 heavy (non-hydrogen) atoms. The van der Waals surface area contributed by atoms with Crippen LogP contribution in [0.2, 0.25) is 0 Å². The highest BCUT2D eigenvalue weighted by atomic mass is 16.5. The van der Waals surface area contributed by atoms with Crippen LogP contribution in [0, 0.1) is 20.8 Å². The first kappa shape index (κ1) is 16.6. The van der Waals surface area contributed by atoms with E-state index in [2.05, 4.69) is 9.55 Å². The maximum atomic E-state index is 12.5. The van der Waals surface area contributed by atoms with Gasteiger partial charge < -0.3 is 9.30 Å². The fraction of sp³-hybridized carbons (Fsp3) is 0.350. The molecule has 0 radical (unpaired) electrons. The molecule has 6 heteroatoms. The SMILES string of the molecule is Cc1cc(C(=O)OCc2cc(=O)n3c(C)cccc3n2)c(C)n1C1CC1. The number of pyridine rings is 1. The van der Waals surface area contributed by atoms with Crippen LogP contribution >= 0.6 is 0 Å². The van der Waals surface area contributed by atoms with Gasteiger partial charge >= 0.3 is 5.97 Å². The van der Waals surface area contributed by atoms with Crippen molar-refractivity contribution >= 4 is 11.6 Å². The van der Waals surface area contributed by atoms with Crippen molar-refractivity contribution in [1.82, 2.24) is 14.0 Å². The number of carbonyl (C=O) groups is 1. The zero-order valence-corrected chi connectivity index (χ0v) is 15.2. The third-order valence-corrected chi connectivity index (χ3v) is 4.90. The number of carbonyl (C=O) groups excluding carboxylic acids is 1. The van der Waals surface area contributed by atoms with Gasteiger partial charge in [-0.2, -0.15) is 0 Å². The van der Waals surface area contributed by atoms with Crippen molar-refractivity contribution in [2.45, 2.75) is 46.3 Å². The molecule has 3 aromatic rings. The molecule has 0 unspecified atom stereocenters. The Bertz CT molecular complexity index is 1070. The third kappa shape index (κ3) is 2.81. The lowest BCUT2D eigenvalue weighted by Crippen LogP contribution is -2.18. The molecular weight excluding hydrogens is 330 g/mol. The number of aromatic nitrogens is 3. The van der Waals surface area contributed by atoms with E-state index in [-0.39, 0.29) is 18.1 Å². The molecule has 6 nitrogen and oxygen atoms in total. The van der Waals surface area contributed by atoms with E-state index in [4.69, 9.17) is 4.74 Å². The molecule has 1 saturated carbocycles. The molecule has 0 aliphatic heterocycles. The van der Waals surface area contributed by atoms with Gasteiger partial charge in [-0.1, -0.05) is 6.07 Å². The van der Waals surface area contributed by atoms with Crippen LogP contribution in [0.25, 0.3) is 5.65 Å². The van der Waals surface area contributed by atoms with Crippen LogP contribution in [0.15, 0.2) is 35.1 Å². The van der Waals surface area contributed by atoms with Gasteiger partial charge in [-0.3, -0.25) is 9.20 Å². The molecule has 0 N–H and O–H groups in total. The van der Waals surface area contributed by atoms with E-state index in [9.17, 15) is 9.59 Å². The van der Waals surface area contributed by atoms with Crippen LogP contribution in [-0.2, 0) is 11.3 Å². The normalized spacial score (nSPS) is 14.0. The monoisotopic (exact) mass is 351 g/mol. The summed E-state index contributed by atoms with van der Waals surface area (Å²) in [6.07, 6.45) is 2.32. The number of hydrogen-bond donors (Lipinski definition) is 0. The average Bonchev–Trinajstić information content (AvgIpc) is 3.37. The lowest BCUT2D eigenvalue weighted by atomic mass is 10.2. The first-order valence-corrected chi connectivity index (χ1v) is 8.79. The topological polar surface area (TPSA) is 65.6 Å². The maximum absolute atomic E-state index is 12.5. The van der Waals surface area contributed by atoms with E-state index in [1.165, 1.54) is 10.5 Å². The van der Waals surface area contributed by atoms with Crippen molar-refractivity contribution in [2.75, 3.05) is 0 Å². The molecule has 134 valence electrons. The molecule has 0 saturated heterocycles. The molecule has 0 aromatic carbocycles. The van der Waals surface area contributed by atoms with Crippen LogP contribution in [0.3, 0.4) is 0 Å². The van der Waals surface area contributed by atoms with E-state index in [0.29, 0.717) is 22.9 Å². The van der Waals surface area contributed by atoms with Gasteiger partial charge in [0.1, 0.15) is 12.3 Å². The summed E-state index contributed by atoms with van der Waals surface area (Å²) in [4.78, 5) is 29.2. The van der Waals surface area contributed by atoms with Gasteiger partial charge in [0, 0.05) is 29.2 Å². The van der Waals surface area contributed by atoms with Gasteiger partial charge in [0.25, 0.3) is 5.56 Å². The molecule has 0 spiro atoms. The first-order chi connectivity index (χ1) is 12.5. The number of nitrogens with zero attached hydrogens (tertiary/aromatic N) is 3. The fourth-order valence-corrected chi connectivity index (χ4v) is 3.53. The second-order valence-corrected chi connectivity index (χ2v) is 6.91. The number of ether oxygens (including phenoxy) is 1. The molecule has 3 heterocycles. The van der Waals surface area contributed by atoms with Crippen molar-refractivity contribution in [2.24, 2.45) is 0 Å². The predicted molar refractivity (Wildman–Crippen MR) is 97.5 cm³/mol. The Kier molecular flexibility index (Phi) is 3.90. The van der Waals surface area contributed by atoms with E-state index in [0.717, 1.165) is 29.9 Å². The summed E-state index contributed by atoms with van der Waals surface area (Å²) >= 11 is 0. The molecule has 4 rings (SSSR count). The lowest BCUT2D eigenvalue weighted by molar-refractivity contribution is 0.0466. The summed E-state index contributed by atoms with van der Waals surface area (Å²) < 4.78 is 9.18. The van der Waals surface area contributed by atoms with Crippen molar-refractivity contribution < 1.29 is 9.53 Å². The zero-order valence-electron chi connectivity index (χ0n) is 15.2. The highest BCUT2D eigenvalue weighted by molar-refractivity contribution is 5.91. The molecule has 1 fully saturated rings. The second kappa shape index (κ2) is 6.12. The Morgan fingerprint density at radius 1 is 1.19 bits per heavy atom. The number of aryl methyl sites for hydroxylation is 2. The van der Waals surface area contributed by atoms with Crippen LogP contribution < -0.4 is 5.56 Å². The van der Waals surface area contributed by atoms with Crippen molar-refractivity contribution in [3.05, 3.63) is 69.0 Å². The molecular formula is C20H21N3O3. The number of rotatable bonds is 4. The molecule has 1 aliphatic rings. The Hall–Kier alpha value is -2.89. The predicted octanol–water partition coefficient (Wildman–Crippen LogP) is 3.11. The van der Waals surface area contributed by atoms with Gasteiger partial charge in [0.15, 0.2) is 0 Å². The Morgan fingerprint density at radius 3 is 2.69 bits per heavy atom. The van der Waals surface area contributed by atoms with Crippen molar-refractivity contribution in [1.29, 1.82) is 0 Å². The highest BCUT2D eigenvalue weighted by Crippen LogP contribution is 2.38. The minimum Gasteiger partial charge on any atom is -0.456 e. The first-order valence-electron chi connectivity index (χ1n) is 8.79. The van der Waals surface area contributed by atoms with Crippen molar-refractivity contribution in [3.63, 3.8) is 0 Å². The van der Waals surface area contributed by atoms with Crippen molar-refractivity contribution in [3.8, 4) is 0 Å². The van der Waals surface area contributed by atoms with Crippen LogP contribution in [0.1, 0.15) is 52.0 Å². The van der Waals surface area contributed by atoms with E-state index in [1.54, 1.807) is 6.07 Å². The van der Waals surface area contributed by atoms with E-state index in [1.807, 2.05) is 39.0 Å². The summed E-state index contributed by atoms with van der Waals surface area (Å²) in [5.74, 6) is -0.378. The summed E-state index contributed by atoms with van der Waals surface area (Å²) in [5, 5.41) is 0. The Balaban J connectivity index is 1.56. The molecule has 3 aromatic heterocycles. The largest absolute Gasteiger partial charge is 0.456 e. The summed E-state index contributed by atoms with van der Waals surface area (Å²) in [5.41, 5.74) is 4.25. The Labute approximate surface area is 151 Å². The zero-order chi connectivity index (χ0) is 18.4. The van der Waals surface area contributed by atoms with Gasteiger partial charge in [-0.25, -0.2) is 9.78 Å². The van der Waals surface area contributed by atoms with Crippen LogP contribution in [-0.4, -0.2) is 19.9 Å². The summed E-state index contributed by atoms with van der Waals surface area (Å²) in [6, 6.07) is 9.28. The number of esters is 1. The fourth-order valence-electron chi connectivity index (χ4n) is 3.53. The Morgan fingerprint density at radius 2 is 1.96 bits per heavy atom. The standard InChI is InChI=1S/C20H21N3O3/c1-12-5-4-6-18-21-15(10-19(24)23(12)18)11-26-20(25)17-9-13(2)22(14(17)3)16-7-8-16/h4-6,9-10,16H,7-8,11H2,1-3H3. The van der Waals surface area contributed by atoms with Gasteiger partial charge in [-0.15, -0.1) is 0 Å². The number of fused-ring (bicyclic) bond motifs is 1. The van der Waals surface area contributed by atoms with Crippen LogP contribution in [0.5, 0.6) is 0 Å². The quantitative estimate of drug-likeness (QED) is 0.678. The molecule has 1 aliphatic carbocycles. The van der Waals surface area contributed by atoms with E-state index >= 15 is 0 Å². The maximum Gasteiger partial charge on any atom is 0.340 e. The minimum absolute atomic E-state index is 0.0222. The van der Waals surface area contributed by atoms with E-state index < -0.39 is 0 Å². The lowest BCUT2D eigenvalue weighted by Gasteiger charge is -2.09. The van der Waals surface area contributed by atoms with Gasteiger partial charge in [-0.05, 0) is 51.8 Å². The molecule has 0 atom stereocenters. The third-order valence-electron chi connectivity index (χ3n) is 4.90. The molecule has 0 bridgehead atoms. The van der Waals surface area contributed by atoms with Gasteiger partial charge in [0.2, 0.25) is 0 Å². The minimum atomic E-state index is -0.378. The smallest absolute Gasteiger partial charge is 0.340 e. The highest BCUT2D eigenvalue weighted by Gasteiger charge is 2.28. The second-order valence-electron chi connectivity index (χ2n) is 6.91.